The Morgan fingerprint density at radius 3 is 0.510 bits per heavy atom. The third-order valence-corrected chi connectivity index (χ3v) is 7.57. The van der Waals surface area contributed by atoms with Gasteiger partial charge in [0.2, 0.25) is 5.91 Å². The summed E-state index contributed by atoms with van der Waals surface area (Å²) in [5, 5.41) is 8.06. The van der Waals surface area contributed by atoms with Crippen LogP contribution < -0.4 is 71.7 Å². The summed E-state index contributed by atoms with van der Waals surface area (Å²) < 4.78 is 0. The van der Waals surface area contributed by atoms with Gasteiger partial charge in [0.1, 0.15) is 81.5 Å². The minimum absolute atomic E-state index is 0. The summed E-state index contributed by atoms with van der Waals surface area (Å²) in [6.45, 7) is 76.4. The topological polar surface area (TPSA) is 620 Å². The number of carbonyl (C=O) groups is 13. The zero-order valence-corrected chi connectivity index (χ0v) is 70.0. The molecule has 3 rings (SSSR count). The standard InChI is InChI=1S/2C8H10.C7H13NO.4C5H12.C4H10.C3H8O.2C2H6.5CH5N.12CH2O.7H3N/c2*1-2-8-6-4-3-5-7-8;1-7(9)8-5-3-2-4-6-8;4*1-4-5(2)3;1-4(2)3;1-3(2)4;19*1-2;;;;;;;/h2*3-7H,2H2,1H3;2-6H2,1H3;4*5H,4H2,1-3H3;4H,1-3H3;3-4H,1-2H3;2*1-2H3;5*2H2,1H3;12*1H2;7*1H3. The highest BCUT2D eigenvalue weighted by atomic mass is 16.3. The maximum atomic E-state index is 10.7. The predicted molar refractivity (Wildman–Crippen MR) is 440 cm³/mol. The van der Waals surface area contributed by atoms with Crippen molar-refractivity contribution in [1.29, 1.82) is 0 Å². The molecule has 0 atom stereocenters. The number of amides is 1. The van der Waals surface area contributed by atoms with Gasteiger partial charge in [-0.2, -0.15) is 0 Å². The summed E-state index contributed by atoms with van der Waals surface area (Å²) in [4.78, 5) is 109. The van der Waals surface area contributed by atoms with E-state index in [1.54, 1.807) is 20.8 Å². The van der Waals surface area contributed by atoms with Crippen LogP contribution in [0.15, 0.2) is 60.7 Å². The van der Waals surface area contributed by atoms with Crippen LogP contribution >= 0.6 is 0 Å². The van der Waals surface area contributed by atoms with Gasteiger partial charge in [-0.3, -0.25) is 4.79 Å². The number of hydrogen-bond acceptors (Lipinski definition) is 26. The fourth-order valence-electron chi connectivity index (χ4n) is 2.64. The summed E-state index contributed by atoms with van der Waals surface area (Å²) >= 11 is 0. The van der Waals surface area contributed by atoms with Crippen LogP contribution in [0.2, 0.25) is 0 Å². The Labute approximate surface area is 608 Å². The Morgan fingerprint density at radius 2 is 0.449 bits per heavy atom. The molecule has 0 unspecified atom stereocenters. The second-order valence-corrected chi connectivity index (χ2v) is 16.3. The van der Waals surface area contributed by atoms with Crippen LogP contribution in [0, 0.1) is 29.6 Å². The highest BCUT2D eigenvalue weighted by Crippen LogP contribution is 2.07. The van der Waals surface area contributed by atoms with Crippen LogP contribution in [0.4, 0.5) is 0 Å². The second kappa shape index (κ2) is 366. The molecule has 1 aliphatic rings. The van der Waals surface area contributed by atoms with Gasteiger partial charge in [0.25, 0.3) is 0 Å². The zero-order chi connectivity index (χ0) is 80.6. The van der Waals surface area contributed by atoms with Crippen molar-refractivity contribution in [2.24, 2.45) is 58.3 Å². The van der Waals surface area contributed by atoms with Crippen LogP contribution in [0.25, 0.3) is 0 Å². The monoisotopic (exact) mass is 1440 g/mol. The number of likely N-dealkylation sites (tertiary alicyclic amines) is 1. The van der Waals surface area contributed by atoms with Crippen LogP contribution in [-0.4, -0.2) is 152 Å². The average molecular weight is 1440 g/mol. The molecule has 27 nitrogen and oxygen atoms in total. The Balaban J connectivity index is -0.0000000157. The molecular weight excluding hydrogens is 1260 g/mol. The maximum absolute atomic E-state index is 10.7. The van der Waals surface area contributed by atoms with Crippen molar-refractivity contribution >= 4 is 87.4 Å². The molecule has 1 saturated heterocycles. The number of benzene rings is 2. The van der Waals surface area contributed by atoms with Crippen molar-refractivity contribution in [3.63, 3.8) is 0 Å². The normalized spacial score (nSPS) is 6.93. The van der Waals surface area contributed by atoms with Crippen molar-refractivity contribution in [2.75, 3.05) is 48.3 Å². The molecule has 0 saturated carbocycles. The molecule has 98 heavy (non-hydrogen) atoms. The Bertz CT molecular complexity index is 1030. The van der Waals surface area contributed by atoms with E-state index >= 15 is 0 Å². The van der Waals surface area contributed by atoms with Crippen LogP contribution in [-0.2, 0) is 75.2 Å². The number of aliphatic hydroxyl groups is 1. The van der Waals surface area contributed by atoms with Crippen LogP contribution in [0.3, 0.4) is 0 Å². The van der Waals surface area contributed by atoms with E-state index in [9.17, 15) is 4.79 Å². The maximum Gasteiger partial charge on any atom is 0.219 e. The number of carbonyl (C=O) groups excluding carboxylic acids is 13. The predicted octanol–water partition coefficient (Wildman–Crippen LogP) is 14.6. The number of hydrogen-bond donors (Lipinski definition) is 13. The first-order valence-electron chi connectivity index (χ1n) is 30.1. The van der Waals surface area contributed by atoms with Gasteiger partial charge in [-0.15, -0.1) is 0 Å². The Hall–Kier alpha value is -6.57. The minimum atomic E-state index is -0.167. The van der Waals surface area contributed by atoms with E-state index in [1.807, 2.05) is 126 Å². The van der Waals surface area contributed by atoms with Crippen LogP contribution in [0.1, 0.15) is 222 Å². The molecule has 2 aromatic carbocycles. The molecule has 0 radical (unpaired) electrons. The summed E-state index contributed by atoms with van der Waals surface area (Å²) in [6.07, 6.45) is 11.0. The Morgan fingerprint density at radius 1 is 0.337 bits per heavy atom. The molecule has 0 aliphatic carbocycles. The molecule has 1 amide bonds. The lowest BCUT2D eigenvalue weighted by atomic mass is 10.1. The summed E-state index contributed by atoms with van der Waals surface area (Å²) in [5.74, 6) is 4.60. The smallest absolute Gasteiger partial charge is 0.219 e. The molecule has 32 N–H and O–H groups in total. The van der Waals surface area contributed by atoms with E-state index in [1.165, 1.54) is 91.3 Å². The molecule has 1 fully saturated rings. The number of nitrogens with zero attached hydrogens (tertiary/aromatic N) is 1. The van der Waals surface area contributed by atoms with E-state index < -0.39 is 0 Å². The number of aliphatic hydroxyl groups excluding tert-OH is 1. The van der Waals surface area contributed by atoms with Gasteiger partial charge in [0.15, 0.2) is 0 Å². The first kappa shape index (κ1) is 212. The van der Waals surface area contributed by atoms with E-state index in [-0.39, 0.29) is 55.1 Å². The zero-order valence-electron chi connectivity index (χ0n) is 70.0. The van der Waals surface area contributed by atoms with Crippen molar-refractivity contribution < 1.29 is 67.4 Å². The molecule has 2 aromatic rings. The largest absolute Gasteiger partial charge is 0.394 e. The second-order valence-electron chi connectivity index (χ2n) is 16.3. The molecule has 27 heteroatoms. The lowest BCUT2D eigenvalue weighted by molar-refractivity contribution is -0.129. The molecular formula is C71H181N13O14. The highest BCUT2D eigenvalue weighted by Gasteiger charge is 2.11. The van der Waals surface area contributed by atoms with Crippen molar-refractivity contribution in [3.8, 4) is 0 Å². The number of aryl methyl sites for hydroxylation is 2. The van der Waals surface area contributed by atoms with E-state index in [0.717, 1.165) is 55.5 Å². The van der Waals surface area contributed by atoms with Crippen molar-refractivity contribution in [1.82, 2.24) is 48.0 Å². The van der Waals surface area contributed by atoms with Gasteiger partial charge < -0.3 is 139 Å². The quantitative estimate of drug-likeness (QED) is 0.128. The fraction of sp³-hybridized carbons (Fsp3) is 0.648. The summed E-state index contributed by atoms with van der Waals surface area (Å²) in [6, 6.07) is 20.9. The van der Waals surface area contributed by atoms with E-state index in [2.05, 4.69) is 195 Å². The first-order valence-corrected chi connectivity index (χ1v) is 30.1. The van der Waals surface area contributed by atoms with E-state index in [4.69, 9.17) is 62.6 Å². The molecule has 1 aliphatic heterocycles. The van der Waals surface area contributed by atoms with Crippen molar-refractivity contribution in [3.05, 3.63) is 71.8 Å². The van der Waals surface area contributed by atoms with Crippen LogP contribution in [0.5, 0.6) is 0 Å². The Kier molecular flexibility index (Phi) is 791. The lowest BCUT2D eigenvalue weighted by Crippen LogP contribution is -2.33. The molecule has 0 bridgehead atoms. The minimum Gasteiger partial charge on any atom is -0.394 e. The van der Waals surface area contributed by atoms with Gasteiger partial charge in [0.05, 0.1) is 0 Å². The molecule has 0 spiro atoms. The third-order valence-electron chi connectivity index (χ3n) is 7.57. The molecule has 0 aromatic heterocycles. The number of rotatable bonds is 6. The van der Waals surface area contributed by atoms with Gasteiger partial charge in [-0.05, 0) is 122 Å². The highest BCUT2D eigenvalue weighted by molar-refractivity contribution is 5.73. The summed E-state index contributed by atoms with van der Waals surface area (Å²) in [5.41, 5.74) is 25.3. The SMILES string of the molecule is C=O.C=O.C=O.C=O.C=O.C=O.C=O.C=O.C=O.C=O.C=O.C=O.CC.CC.CC(=O)N1CCCCC1.CC(C)C.CC(C)O.CCC(C)C.CCC(C)C.CCC(C)C.CCC(C)C.CCc1ccccc1.CCc1ccccc1.CN.CN.CN.CN.CN.N.N.N.N.N.N.N. The van der Waals surface area contributed by atoms with Gasteiger partial charge in [0, 0.05) is 26.1 Å². The summed E-state index contributed by atoms with van der Waals surface area (Å²) in [7, 11) is 7.50. The van der Waals surface area contributed by atoms with Gasteiger partial charge in [-0.1, -0.05) is 232 Å². The fourth-order valence-corrected chi connectivity index (χ4v) is 2.64. The first-order chi connectivity index (χ1) is 43.7. The third kappa shape index (κ3) is 626. The van der Waals surface area contributed by atoms with Crippen molar-refractivity contribution in [2.45, 2.75) is 230 Å². The number of nitrogens with two attached hydrogens (primary N) is 5. The lowest BCUT2D eigenvalue weighted by Gasteiger charge is -2.24. The van der Waals surface area contributed by atoms with Gasteiger partial charge in [-0.25, -0.2) is 0 Å². The number of piperidine rings is 1. The average Bonchev–Trinajstić information content (AvgIpc) is 3.65. The molecule has 1 heterocycles. The van der Waals surface area contributed by atoms with E-state index in [0.29, 0.717) is 0 Å². The van der Waals surface area contributed by atoms with Gasteiger partial charge >= 0.3 is 0 Å². The molecule has 614 valence electrons.